The fourth-order valence-corrected chi connectivity index (χ4v) is 4.85. The van der Waals surface area contributed by atoms with Crippen molar-refractivity contribution in [3.05, 3.63) is 136 Å². The second-order valence-electron chi connectivity index (χ2n) is 10.9. The van der Waals surface area contributed by atoms with Crippen LogP contribution in [0.3, 0.4) is 0 Å². The molecule has 0 spiro atoms. The normalized spacial score (nSPS) is 13.9. The first-order valence-electron chi connectivity index (χ1n) is 14.4. The number of rotatable bonds is 12. The van der Waals surface area contributed by atoms with Crippen molar-refractivity contribution in [2.24, 2.45) is 0 Å². The average molecular weight is 565 g/mol. The molecule has 0 bridgehead atoms. The standard InChI is InChI=1S/C35H40N4O3/c1-23-13-15-28(16-14-23)25(3)37-22-33(40)32(20-27-10-6-5-7-11-27)39-35(42)30-19-24(2)18-29(21-30)34(41)38-26(4)31-12-8-9-17-36-31/h5-19,21,25-26,32-33,37,40H,20,22H2,1-4H3,(H,38,41)(H,39,42)/t25-,26?,32+,33-/m1/s1. The molecule has 0 aliphatic carbocycles. The highest BCUT2D eigenvalue weighted by molar-refractivity contribution is 6.00. The van der Waals surface area contributed by atoms with Gasteiger partial charge in [0, 0.05) is 29.9 Å². The molecule has 42 heavy (non-hydrogen) atoms. The number of aromatic nitrogens is 1. The van der Waals surface area contributed by atoms with Crippen LogP contribution in [0.4, 0.5) is 0 Å². The number of carbonyl (C=O) groups is 2. The number of aliphatic hydroxyl groups excluding tert-OH is 1. The molecular weight excluding hydrogens is 524 g/mol. The Labute approximate surface area is 248 Å². The Balaban J connectivity index is 1.47. The molecule has 0 saturated carbocycles. The number of carbonyl (C=O) groups excluding carboxylic acids is 2. The van der Waals surface area contributed by atoms with Gasteiger partial charge in [-0.3, -0.25) is 14.6 Å². The maximum Gasteiger partial charge on any atom is 0.251 e. The second kappa shape index (κ2) is 14.5. The minimum absolute atomic E-state index is 0.0275. The van der Waals surface area contributed by atoms with Gasteiger partial charge in [0.1, 0.15) is 0 Å². The average Bonchev–Trinajstić information content (AvgIpc) is 3.00. The molecule has 1 heterocycles. The van der Waals surface area contributed by atoms with Crippen LogP contribution in [0.5, 0.6) is 0 Å². The van der Waals surface area contributed by atoms with Gasteiger partial charge in [-0.2, -0.15) is 0 Å². The fraction of sp³-hybridized carbons (Fsp3) is 0.286. The van der Waals surface area contributed by atoms with Crippen molar-refractivity contribution in [2.45, 2.75) is 58.3 Å². The van der Waals surface area contributed by atoms with Gasteiger partial charge in [-0.1, -0.05) is 66.2 Å². The lowest BCUT2D eigenvalue weighted by atomic mass is 9.99. The van der Waals surface area contributed by atoms with E-state index in [0.29, 0.717) is 24.1 Å². The summed E-state index contributed by atoms with van der Waals surface area (Å²) in [5, 5.41) is 20.7. The molecule has 0 fully saturated rings. The monoisotopic (exact) mass is 564 g/mol. The molecule has 1 aromatic heterocycles. The molecule has 218 valence electrons. The van der Waals surface area contributed by atoms with E-state index in [0.717, 1.165) is 22.4 Å². The minimum atomic E-state index is -0.853. The number of nitrogens with zero attached hydrogens (tertiary/aromatic N) is 1. The summed E-state index contributed by atoms with van der Waals surface area (Å²) in [6.07, 6.45) is 1.29. The number of hydrogen-bond donors (Lipinski definition) is 4. The van der Waals surface area contributed by atoms with Gasteiger partial charge >= 0.3 is 0 Å². The number of benzene rings is 3. The topological polar surface area (TPSA) is 103 Å². The molecule has 0 saturated heterocycles. The van der Waals surface area contributed by atoms with Crippen LogP contribution >= 0.6 is 0 Å². The molecule has 3 aromatic carbocycles. The Bertz CT molecular complexity index is 1460. The maximum atomic E-state index is 13.5. The molecule has 4 aromatic rings. The van der Waals surface area contributed by atoms with Crippen molar-refractivity contribution in [1.82, 2.24) is 20.9 Å². The highest BCUT2D eigenvalue weighted by Gasteiger charge is 2.24. The Kier molecular flexibility index (Phi) is 10.6. The van der Waals surface area contributed by atoms with E-state index in [4.69, 9.17) is 0 Å². The third kappa shape index (κ3) is 8.59. The molecule has 7 heteroatoms. The van der Waals surface area contributed by atoms with Crippen molar-refractivity contribution in [1.29, 1.82) is 0 Å². The van der Waals surface area contributed by atoms with Crippen molar-refractivity contribution >= 4 is 11.8 Å². The van der Waals surface area contributed by atoms with E-state index in [1.807, 2.05) is 62.4 Å². The quantitative estimate of drug-likeness (QED) is 0.188. The molecule has 0 aliphatic rings. The lowest BCUT2D eigenvalue weighted by Crippen LogP contribution is -2.49. The number of aryl methyl sites for hydroxylation is 2. The van der Waals surface area contributed by atoms with E-state index in [9.17, 15) is 14.7 Å². The largest absolute Gasteiger partial charge is 0.390 e. The minimum Gasteiger partial charge on any atom is -0.390 e. The summed E-state index contributed by atoms with van der Waals surface area (Å²) in [7, 11) is 0. The predicted octanol–water partition coefficient (Wildman–Crippen LogP) is 5.24. The number of amides is 2. The van der Waals surface area contributed by atoms with E-state index >= 15 is 0 Å². The third-order valence-electron chi connectivity index (χ3n) is 7.37. The first kappa shape index (κ1) is 30.6. The van der Waals surface area contributed by atoms with Gasteiger partial charge in [0.2, 0.25) is 0 Å². The number of aliphatic hydroxyl groups is 1. The summed E-state index contributed by atoms with van der Waals surface area (Å²) < 4.78 is 0. The van der Waals surface area contributed by atoms with Crippen LogP contribution in [-0.4, -0.2) is 40.6 Å². The molecular formula is C35H40N4O3. The number of pyridine rings is 1. The van der Waals surface area contributed by atoms with E-state index in [2.05, 4.69) is 59.0 Å². The van der Waals surface area contributed by atoms with Gasteiger partial charge in [-0.25, -0.2) is 0 Å². The maximum absolute atomic E-state index is 13.5. The smallest absolute Gasteiger partial charge is 0.251 e. The summed E-state index contributed by atoms with van der Waals surface area (Å²) in [4.78, 5) is 30.9. The summed E-state index contributed by atoms with van der Waals surface area (Å²) in [5.41, 5.74) is 5.59. The molecule has 0 aliphatic heterocycles. The lowest BCUT2D eigenvalue weighted by Gasteiger charge is -2.26. The second-order valence-corrected chi connectivity index (χ2v) is 10.9. The van der Waals surface area contributed by atoms with Gasteiger partial charge in [0.25, 0.3) is 11.8 Å². The zero-order valence-corrected chi connectivity index (χ0v) is 24.7. The molecule has 2 amide bonds. The first-order chi connectivity index (χ1) is 20.2. The summed E-state index contributed by atoms with van der Waals surface area (Å²) >= 11 is 0. The molecule has 4 rings (SSSR count). The summed E-state index contributed by atoms with van der Waals surface area (Å²) in [5.74, 6) is -0.641. The van der Waals surface area contributed by atoms with Gasteiger partial charge in [-0.15, -0.1) is 0 Å². The van der Waals surface area contributed by atoms with E-state index < -0.39 is 12.1 Å². The molecule has 4 atom stereocenters. The summed E-state index contributed by atoms with van der Waals surface area (Å²) in [6.45, 7) is 8.11. The Morgan fingerprint density at radius 2 is 1.40 bits per heavy atom. The van der Waals surface area contributed by atoms with Crippen molar-refractivity contribution in [3.8, 4) is 0 Å². The predicted molar refractivity (Wildman–Crippen MR) is 166 cm³/mol. The van der Waals surface area contributed by atoms with E-state index in [1.54, 1.807) is 24.4 Å². The zero-order valence-electron chi connectivity index (χ0n) is 24.7. The number of nitrogens with one attached hydrogen (secondary N) is 3. The van der Waals surface area contributed by atoms with Crippen LogP contribution < -0.4 is 16.0 Å². The Morgan fingerprint density at radius 3 is 2.05 bits per heavy atom. The Hall–Kier alpha value is -4.33. The zero-order chi connectivity index (χ0) is 30.1. The first-order valence-corrected chi connectivity index (χ1v) is 14.4. The van der Waals surface area contributed by atoms with E-state index in [-0.39, 0.29) is 23.9 Å². The van der Waals surface area contributed by atoms with Crippen LogP contribution in [0.25, 0.3) is 0 Å². The highest BCUT2D eigenvalue weighted by atomic mass is 16.3. The van der Waals surface area contributed by atoms with Crippen molar-refractivity contribution < 1.29 is 14.7 Å². The molecule has 4 N–H and O–H groups in total. The van der Waals surface area contributed by atoms with E-state index in [1.165, 1.54) is 5.56 Å². The van der Waals surface area contributed by atoms with Gasteiger partial charge < -0.3 is 21.1 Å². The third-order valence-corrected chi connectivity index (χ3v) is 7.37. The van der Waals surface area contributed by atoms with Crippen LogP contribution in [-0.2, 0) is 6.42 Å². The lowest BCUT2D eigenvalue weighted by molar-refractivity contribution is 0.0825. The van der Waals surface area contributed by atoms with Crippen molar-refractivity contribution in [3.63, 3.8) is 0 Å². The van der Waals surface area contributed by atoms with Crippen LogP contribution in [0.15, 0.2) is 97.2 Å². The number of hydrogen-bond acceptors (Lipinski definition) is 5. The van der Waals surface area contributed by atoms with Crippen LogP contribution in [0.2, 0.25) is 0 Å². The fourth-order valence-electron chi connectivity index (χ4n) is 4.85. The summed E-state index contributed by atoms with van der Waals surface area (Å²) in [6, 6.07) is 27.9. The SMILES string of the molecule is Cc1ccc([C@@H](C)NC[C@@H](O)[C@H](Cc2ccccc2)NC(=O)c2cc(C)cc(C(=O)NC(C)c3ccccn3)c2)cc1. The molecule has 1 unspecified atom stereocenters. The highest BCUT2D eigenvalue weighted by Crippen LogP contribution is 2.16. The van der Waals surface area contributed by atoms with Crippen LogP contribution in [0.1, 0.15) is 74.6 Å². The molecule has 0 radical (unpaired) electrons. The van der Waals surface area contributed by atoms with Gasteiger partial charge in [-0.05, 0) is 81.1 Å². The van der Waals surface area contributed by atoms with Gasteiger partial charge in [0.15, 0.2) is 0 Å². The van der Waals surface area contributed by atoms with Crippen molar-refractivity contribution in [2.75, 3.05) is 6.54 Å². The van der Waals surface area contributed by atoms with Gasteiger partial charge in [0.05, 0.1) is 23.9 Å². The molecule has 7 nitrogen and oxygen atoms in total. The Morgan fingerprint density at radius 1 is 0.762 bits per heavy atom. The van der Waals surface area contributed by atoms with Crippen LogP contribution in [0, 0.1) is 13.8 Å².